The minimum atomic E-state index is 0.0292. The van der Waals surface area contributed by atoms with Gasteiger partial charge in [-0.05, 0) is 66.6 Å². The quantitative estimate of drug-likeness (QED) is 0.0562. The van der Waals surface area contributed by atoms with E-state index in [1.54, 1.807) is 6.08 Å². The van der Waals surface area contributed by atoms with E-state index >= 15 is 0 Å². The molecule has 0 amide bonds. The number of benzene rings is 2. The lowest BCUT2D eigenvalue weighted by atomic mass is 10.0. The van der Waals surface area contributed by atoms with E-state index in [9.17, 15) is 4.79 Å². The summed E-state index contributed by atoms with van der Waals surface area (Å²) in [5.41, 5.74) is 1.71. The molecule has 0 heterocycles. The third-order valence-corrected chi connectivity index (χ3v) is 8.38. The Kier molecular flexibility index (Phi) is 19.4. The summed E-state index contributed by atoms with van der Waals surface area (Å²) in [6.07, 6.45) is 26.7. The summed E-state index contributed by atoms with van der Waals surface area (Å²) in [5, 5.41) is 0. The smallest absolute Gasteiger partial charge is 0.185 e. The predicted octanol–water partition coefficient (Wildman–Crippen LogP) is 11.7. The topological polar surface area (TPSA) is 26.3 Å². The van der Waals surface area contributed by atoms with Crippen LogP contribution in [-0.2, 0) is 0 Å². The highest BCUT2D eigenvalue weighted by atomic mass is 32.2. The fourth-order valence-corrected chi connectivity index (χ4v) is 5.52. The monoisotopic (exact) mass is 550 g/mol. The summed E-state index contributed by atoms with van der Waals surface area (Å²) < 4.78 is 5.98. The summed E-state index contributed by atoms with van der Waals surface area (Å²) in [6.45, 7) is 5.22. The fraction of sp³-hybridized carbons (Fsp3) is 0.583. The van der Waals surface area contributed by atoms with E-state index in [1.807, 2.05) is 66.4 Å². The molecule has 0 aliphatic heterocycles. The second-order valence-corrected chi connectivity index (χ2v) is 12.0. The third kappa shape index (κ3) is 16.6. The van der Waals surface area contributed by atoms with Gasteiger partial charge in [0, 0.05) is 10.5 Å². The maximum atomic E-state index is 12.5. The zero-order valence-corrected chi connectivity index (χ0v) is 25.7. The van der Waals surface area contributed by atoms with Crippen molar-refractivity contribution in [2.75, 3.05) is 12.4 Å². The number of thioether (sulfide) groups is 1. The number of rotatable bonds is 24. The zero-order chi connectivity index (χ0) is 27.8. The average molecular weight is 551 g/mol. The van der Waals surface area contributed by atoms with Crippen LogP contribution in [0, 0.1) is 0 Å². The number of hydrogen-bond donors (Lipinski definition) is 0. The number of ether oxygens (including phenoxy) is 1. The molecule has 39 heavy (non-hydrogen) atoms. The van der Waals surface area contributed by atoms with Crippen LogP contribution in [0.2, 0.25) is 0 Å². The van der Waals surface area contributed by atoms with Crippen LogP contribution >= 0.6 is 11.8 Å². The van der Waals surface area contributed by atoms with E-state index in [2.05, 4.69) is 13.8 Å². The Morgan fingerprint density at radius 3 is 1.82 bits per heavy atom. The first-order valence-corrected chi connectivity index (χ1v) is 16.9. The lowest BCUT2D eigenvalue weighted by Crippen LogP contribution is -1.97. The van der Waals surface area contributed by atoms with E-state index < -0.39 is 0 Å². The van der Waals surface area contributed by atoms with Crippen LogP contribution in [0.5, 0.6) is 5.75 Å². The van der Waals surface area contributed by atoms with Gasteiger partial charge >= 0.3 is 0 Å². The van der Waals surface area contributed by atoms with Gasteiger partial charge in [0.25, 0.3) is 0 Å². The molecule has 0 saturated heterocycles. The van der Waals surface area contributed by atoms with Crippen molar-refractivity contribution < 1.29 is 9.53 Å². The van der Waals surface area contributed by atoms with Crippen LogP contribution in [-0.4, -0.2) is 18.1 Å². The van der Waals surface area contributed by atoms with Crippen molar-refractivity contribution in [3.63, 3.8) is 0 Å². The van der Waals surface area contributed by atoms with Crippen molar-refractivity contribution in [2.24, 2.45) is 0 Å². The van der Waals surface area contributed by atoms with Crippen LogP contribution in [0.25, 0.3) is 6.08 Å². The molecule has 2 rings (SSSR count). The van der Waals surface area contributed by atoms with Gasteiger partial charge < -0.3 is 4.74 Å². The summed E-state index contributed by atoms with van der Waals surface area (Å²) in [4.78, 5) is 13.8. The van der Waals surface area contributed by atoms with E-state index in [1.165, 1.54) is 101 Å². The van der Waals surface area contributed by atoms with Crippen molar-refractivity contribution in [2.45, 2.75) is 128 Å². The van der Waals surface area contributed by atoms with Crippen molar-refractivity contribution in [3.8, 4) is 5.75 Å². The van der Waals surface area contributed by atoms with Crippen LogP contribution < -0.4 is 4.74 Å². The molecule has 0 unspecified atom stereocenters. The molecule has 0 N–H and O–H groups in total. The van der Waals surface area contributed by atoms with Crippen molar-refractivity contribution in [3.05, 3.63) is 65.7 Å². The molecule has 0 saturated carbocycles. The first-order chi connectivity index (χ1) is 19.2. The van der Waals surface area contributed by atoms with Gasteiger partial charge in [-0.25, -0.2) is 0 Å². The first-order valence-electron chi connectivity index (χ1n) is 15.9. The molecule has 0 aliphatic carbocycles. The number of ketones is 1. The molecule has 3 heteroatoms. The largest absolute Gasteiger partial charge is 0.494 e. The summed E-state index contributed by atoms with van der Waals surface area (Å²) in [5.74, 6) is 2.01. The molecule has 0 fully saturated rings. The highest BCUT2D eigenvalue weighted by Gasteiger charge is 2.03. The molecular weight excluding hydrogens is 496 g/mol. The van der Waals surface area contributed by atoms with Crippen LogP contribution in [0.15, 0.2) is 59.5 Å². The number of carbonyl (C=O) groups is 1. The summed E-state index contributed by atoms with van der Waals surface area (Å²) >= 11 is 1.83. The highest BCUT2D eigenvalue weighted by Crippen LogP contribution is 2.20. The molecule has 0 atom stereocenters. The molecule has 0 bridgehead atoms. The standard InChI is InChI=1S/C36H54O2S/c1-3-5-6-7-8-9-10-11-12-13-14-15-16-17-18-19-29-38-34-22-20-21-32(31-34)23-28-36(37)33-24-26-35(27-25-33)39-30-4-2/h20-28,31H,3-19,29-30H2,1-2H3/b28-23+. The molecular formula is C36H54O2S. The number of allylic oxidation sites excluding steroid dienone is 1. The van der Waals surface area contributed by atoms with E-state index in [4.69, 9.17) is 4.74 Å². The lowest BCUT2D eigenvalue weighted by Gasteiger charge is -2.07. The van der Waals surface area contributed by atoms with Gasteiger partial charge in [-0.1, -0.05) is 128 Å². The van der Waals surface area contributed by atoms with Gasteiger partial charge in [-0.2, -0.15) is 0 Å². The van der Waals surface area contributed by atoms with Crippen LogP contribution in [0.1, 0.15) is 139 Å². The highest BCUT2D eigenvalue weighted by molar-refractivity contribution is 7.99. The Hall–Kier alpha value is -2.00. The minimum absolute atomic E-state index is 0.0292. The second kappa shape index (κ2) is 22.8. The molecule has 2 aromatic rings. The van der Waals surface area contributed by atoms with Gasteiger partial charge in [-0.3, -0.25) is 4.79 Å². The summed E-state index contributed by atoms with van der Waals surface area (Å²) in [6, 6.07) is 15.9. The number of hydrogen-bond acceptors (Lipinski definition) is 3. The third-order valence-electron chi connectivity index (χ3n) is 7.16. The Morgan fingerprint density at radius 2 is 1.26 bits per heavy atom. The van der Waals surface area contributed by atoms with Crippen molar-refractivity contribution in [1.29, 1.82) is 0 Å². The Balaban J connectivity index is 1.49. The zero-order valence-electron chi connectivity index (χ0n) is 24.9. The van der Waals surface area contributed by atoms with Gasteiger partial charge in [0.2, 0.25) is 0 Å². The summed E-state index contributed by atoms with van der Waals surface area (Å²) in [7, 11) is 0. The Labute approximate surface area is 244 Å². The van der Waals surface area contributed by atoms with Gasteiger partial charge in [0.05, 0.1) is 6.61 Å². The number of carbonyl (C=O) groups excluding carboxylic acids is 1. The molecule has 2 nitrogen and oxygen atoms in total. The normalized spacial score (nSPS) is 11.3. The SMILES string of the molecule is CCCCCCCCCCCCCCCCCCOc1cccc(/C=C/C(=O)c2ccc(SCCC)cc2)c1. The fourth-order valence-electron chi connectivity index (χ4n) is 4.75. The van der Waals surface area contributed by atoms with E-state index in [0.717, 1.165) is 42.1 Å². The Morgan fingerprint density at radius 1 is 0.692 bits per heavy atom. The second-order valence-electron chi connectivity index (χ2n) is 10.8. The molecule has 0 spiro atoms. The maximum Gasteiger partial charge on any atom is 0.185 e. The lowest BCUT2D eigenvalue weighted by molar-refractivity contribution is 0.104. The van der Waals surface area contributed by atoms with Gasteiger partial charge in [0.15, 0.2) is 5.78 Å². The maximum absolute atomic E-state index is 12.5. The van der Waals surface area contributed by atoms with Crippen LogP contribution in [0.4, 0.5) is 0 Å². The average Bonchev–Trinajstić information content (AvgIpc) is 2.97. The predicted molar refractivity (Wildman–Crippen MR) is 172 cm³/mol. The van der Waals surface area contributed by atoms with Gasteiger partial charge in [-0.15, -0.1) is 11.8 Å². The number of unbranched alkanes of at least 4 members (excludes halogenated alkanes) is 15. The first kappa shape index (κ1) is 33.2. The molecule has 2 aromatic carbocycles. The Bertz CT molecular complexity index is 903. The van der Waals surface area contributed by atoms with E-state index in [0.29, 0.717) is 0 Å². The van der Waals surface area contributed by atoms with Crippen molar-refractivity contribution in [1.82, 2.24) is 0 Å². The molecule has 0 aliphatic rings. The molecule has 0 radical (unpaired) electrons. The molecule has 216 valence electrons. The van der Waals surface area contributed by atoms with E-state index in [-0.39, 0.29) is 5.78 Å². The van der Waals surface area contributed by atoms with Gasteiger partial charge in [0.1, 0.15) is 5.75 Å². The van der Waals surface area contributed by atoms with Crippen LogP contribution in [0.3, 0.4) is 0 Å². The minimum Gasteiger partial charge on any atom is -0.494 e. The molecule has 0 aromatic heterocycles. The van der Waals surface area contributed by atoms with Crippen molar-refractivity contribution >= 4 is 23.6 Å².